The highest BCUT2D eigenvalue weighted by Gasteiger charge is 2.20. The van der Waals surface area contributed by atoms with Gasteiger partial charge in [0, 0.05) is 24.6 Å². The maximum absolute atomic E-state index is 13.1. The van der Waals surface area contributed by atoms with Crippen LogP contribution in [0.5, 0.6) is 0 Å². The first-order chi connectivity index (χ1) is 15.5. The molecular weight excluding hydrogens is 422 g/mol. The summed E-state index contributed by atoms with van der Waals surface area (Å²) in [6.45, 7) is 0. The summed E-state index contributed by atoms with van der Waals surface area (Å²) < 4.78 is 1.65. The zero-order valence-corrected chi connectivity index (χ0v) is 18.4. The normalized spacial score (nSPS) is 10.6. The molecule has 0 atom stereocenters. The van der Waals surface area contributed by atoms with E-state index in [2.05, 4.69) is 15.4 Å². The van der Waals surface area contributed by atoms with E-state index in [0.29, 0.717) is 16.4 Å². The van der Waals surface area contributed by atoms with Gasteiger partial charge in [-0.2, -0.15) is 0 Å². The number of rotatable bonds is 5. The van der Waals surface area contributed by atoms with E-state index in [1.807, 2.05) is 66.7 Å². The molecule has 8 heteroatoms. The fraction of sp³-hybridized carbons (Fsp3) is 0.0833. The van der Waals surface area contributed by atoms with E-state index in [1.165, 1.54) is 4.90 Å². The second kappa shape index (κ2) is 9.49. The molecule has 1 N–H and O–H groups in total. The molecule has 2 amide bonds. The van der Waals surface area contributed by atoms with E-state index >= 15 is 0 Å². The van der Waals surface area contributed by atoms with Crippen LogP contribution in [-0.4, -0.2) is 44.9 Å². The Morgan fingerprint density at radius 1 is 0.875 bits per heavy atom. The fourth-order valence-corrected chi connectivity index (χ4v) is 3.70. The Bertz CT molecular complexity index is 1180. The van der Waals surface area contributed by atoms with Crippen molar-refractivity contribution in [3.63, 3.8) is 0 Å². The van der Waals surface area contributed by atoms with Crippen LogP contribution >= 0.6 is 11.8 Å². The molecule has 4 rings (SSSR count). The van der Waals surface area contributed by atoms with Crippen molar-refractivity contribution in [1.82, 2.24) is 19.7 Å². The predicted octanol–water partition coefficient (Wildman–Crippen LogP) is 4.96. The van der Waals surface area contributed by atoms with Gasteiger partial charge in [-0.25, -0.2) is 9.67 Å². The van der Waals surface area contributed by atoms with Gasteiger partial charge in [-0.15, -0.1) is 5.10 Å². The first-order valence-electron chi connectivity index (χ1n) is 9.90. The largest absolute Gasteiger partial charge is 0.339 e. The number of nitrogens with one attached hydrogen (secondary N) is 1. The van der Waals surface area contributed by atoms with Crippen molar-refractivity contribution in [2.24, 2.45) is 0 Å². The van der Waals surface area contributed by atoms with E-state index < -0.39 is 5.91 Å². The monoisotopic (exact) mass is 443 g/mol. The van der Waals surface area contributed by atoms with Gasteiger partial charge in [0.25, 0.3) is 11.1 Å². The van der Waals surface area contributed by atoms with Crippen LogP contribution in [0.2, 0.25) is 0 Å². The number of hydrogen-bond acceptors (Lipinski definition) is 5. The summed E-state index contributed by atoms with van der Waals surface area (Å²) in [5, 5.41) is 7.19. The second-order valence-electron chi connectivity index (χ2n) is 7.09. The predicted molar refractivity (Wildman–Crippen MR) is 126 cm³/mol. The third-order valence-electron chi connectivity index (χ3n) is 4.54. The number of aromatic nitrogens is 3. The van der Waals surface area contributed by atoms with E-state index in [0.717, 1.165) is 23.0 Å². The Morgan fingerprint density at radius 3 is 2.19 bits per heavy atom. The SMILES string of the molecule is CN(C)C(=O)Sc1ccccc1NC(=O)c1nc(-c2ccccc2)n(-c2ccccc2)n1. The summed E-state index contributed by atoms with van der Waals surface area (Å²) >= 11 is 1.04. The molecule has 0 bridgehead atoms. The minimum Gasteiger partial charge on any atom is -0.339 e. The van der Waals surface area contributed by atoms with Crippen molar-refractivity contribution >= 4 is 28.6 Å². The number of thioether (sulfide) groups is 1. The topological polar surface area (TPSA) is 80.1 Å². The summed E-state index contributed by atoms with van der Waals surface area (Å²) in [5.41, 5.74) is 2.16. The number of amides is 2. The van der Waals surface area contributed by atoms with Crippen LogP contribution in [0, 0.1) is 0 Å². The number of para-hydroxylation sites is 2. The molecular formula is C24H21N5O2S. The molecule has 0 aliphatic carbocycles. The molecule has 0 fully saturated rings. The summed E-state index contributed by atoms with van der Waals surface area (Å²) in [6, 6.07) is 26.3. The summed E-state index contributed by atoms with van der Waals surface area (Å²) in [7, 11) is 3.36. The molecule has 1 heterocycles. The van der Waals surface area contributed by atoms with Gasteiger partial charge in [0.2, 0.25) is 5.82 Å². The van der Waals surface area contributed by atoms with Crippen molar-refractivity contribution in [3.8, 4) is 17.1 Å². The smallest absolute Gasteiger partial charge is 0.295 e. The fourth-order valence-electron chi connectivity index (χ4n) is 2.95. The van der Waals surface area contributed by atoms with Crippen molar-refractivity contribution < 1.29 is 9.59 Å². The molecule has 0 saturated carbocycles. The molecule has 0 aliphatic rings. The molecule has 1 aromatic heterocycles. The molecule has 160 valence electrons. The lowest BCUT2D eigenvalue weighted by Gasteiger charge is -2.12. The summed E-state index contributed by atoms with van der Waals surface area (Å²) in [4.78, 5) is 31.8. The average molecular weight is 444 g/mol. The minimum absolute atomic E-state index is 0.0337. The highest BCUT2D eigenvalue weighted by Crippen LogP contribution is 2.29. The van der Waals surface area contributed by atoms with Crippen LogP contribution in [0.3, 0.4) is 0 Å². The third kappa shape index (κ3) is 4.70. The zero-order valence-electron chi connectivity index (χ0n) is 17.6. The van der Waals surface area contributed by atoms with Gasteiger partial charge < -0.3 is 10.2 Å². The summed E-state index contributed by atoms with van der Waals surface area (Å²) in [5.74, 6) is 0.140. The van der Waals surface area contributed by atoms with Gasteiger partial charge in [0.15, 0.2) is 5.82 Å². The van der Waals surface area contributed by atoms with Crippen molar-refractivity contribution in [3.05, 3.63) is 90.8 Å². The van der Waals surface area contributed by atoms with Crippen LogP contribution in [0.15, 0.2) is 89.8 Å². The zero-order chi connectivity index (χ0) is 22.5. The van der Waals surface area contributed by atoms with Gasteiger partial charge in [0.05, 0.1) is 11.4 Å². The van der Waals surface area contributed by atoms with Gasteiger partial charge >= 0.3 is 0 Å². The molecule has 0 unspecified atom stereocenters. The second-order valence-corrected chi connectivity index (χ2v) is 8.08. The minimum atomic E-state index is -0.456. The van der Waals surface area contributed by atoms with Gasteiger partial charge in [-0.05, 0) is 36.0 Å². The van der Waals surface area contributed by atoms with Gasteiger partial charge in [-0.3, -0.25) is 9.59 Å². The Hall–Kier alpha value is -3.91. The summed E-state index contributed by atoms with van der Waals surface area (Å²) in [6.07, 6.45) is 0. The Balaban J connectivity index is 1.67. The van der Waals surface area contributed by atoms with Crippen LogP contribution in [0.4, 0.5) is 10.5 Å². The number of hydrogen-bond donors (Lipinski definition) is 1. The maximum atomic E-state index is 13.1. The number of benzene rings is 3. The Kier molecular flexibility index (Phi) is 6.32. The van der Waals surface area contributed by atoms with Crippen LogP contribution in [-0.2, 0) is 0 Å². The van der Waals surface area contributed by atoms with E-state index in [1.54, 1.807) is 37.0 Å². The number of carbonyl (C=O) groups is 2. The molecule has 0 aliphatic heterocycles. The standard InChI is InChI=1S/C24H21N5O2S/c1-28(2)24(31)32-20-16-10-9-15-19(20)25-23(30)21-26-22(17-11-5-3-6-12-17)29(27-21)18-13-7-4-8-14-18/h3-16H,1-2H3,(H,25,30). The highest BCUT2D eigenvalue weighted by atomic mass is 32.2. The number of anilines is 1. The van der Waals surface area contributed by atoms with Crippen LogP contribution in [0.25, 0.3) is 17.1 Å². The van der Waals surface area contributed by atoms with Crippen molar-refractivity contribution in [2.45, 2.75) is 4.90 Å². The quantitative estimate of drug-likeness (QED) is 0.441. The van der Waals surface area contributed by atoms with E-state index in [4.69, 9.17) is 0 Å². The van der Waals surface area contributed by atoms with E-state index in [-0.39, 0.29) is 11.1 Å². The molecule has 7 nitrogen and oxygen atoms in total. The molecule has 32 heavy (non-hydrogen) atoms. The van der Waals surface area contributed by atoms with Crippen LogP contribution in [0.1, 0.15) is 10.6 Å². The molecule has 0 saturated heterocycles. The van der Waals surface area contributed by atoms with Crippen LogP contribution < -0.4 is 5.32 Å². The van der Waals surface area contributed by atoms with Crippen molar-refractivity contribution in [2.75, 3.05) is 19.4 Å². The third-order valence-corrected chi connectivity index (χ3v) is 5.66. The highest BCUT2D eigenvalue weighted by molar-refractivity contribution is 8.13. The van der Waals surface area contributed by atoms with E-state index in [9.17, 15) is 9.59 Å². The Labute approximate surface area is 190 Å². The number of carbonyl (C=O) groups excluding carboxylic acids is 2. The first-order valence-corrected chi connectivity index (χ1v) is 10.7. The lowest BCUT2D eigenvalue weighted by molar-refractivity contribution is 0.101. The number of nitrogens with zero attached hydrogens (tertiary/aromatic N) is 4. The maximum Gasteiger partial charge on any atom is 0.295 e. The molecule has 0 spiro atoms. The van der Waals surface area contributed by atoms with Gasteiger partial charge in [0.1, 0.15) is 0 Å². The molecule has 0 radical (unpaired) electrons. The first kappa shape index (κ1) is 21.3. The van der Waals surface area contributed by atoms with Crippen molar-refractivity contribution in [1.29, 1.82) is 0 Å². The molecule has 3 aromatic carbocycles. The lowest BCUT2D eigenvalue weighted by atomic mass is 10.2. The lowest BCUT2D eigenvalue weighted by Crippen LogP contribution is -2.17. The average Bonchev–Trinajstić information content (AvgIpc) is 3.27. The molecule has 4 aromatic rings. The van der Waals surface area contributed by atoms with Gasteiger partial charge in [-0.1, -0.05) is 60.7 Å². The Morgan fingerprint density at radius 2 is 1.50 bits per heavy atom.